The van der Waals surface area contributed by atoms with Gasteiger partial charge in [0, 0.05) is 62.3 Å². The first-order valence-electron chi connectivity index (χ1n) is 20.0. The minimum atomic E-state index is -1.42. The van der Waals surface area contributed by atoms with E-state index in [0.717, 1.165) is 79.0 Å². The predicted octanol–water partition coefficient (Wildman–Crippen LogP) is 14.4. The van der Waals surface area contributed by atoms with Crippen molar-refractivity contribution in [1.82, 2.24) is 0 Å². The molecule has 9 aromatic rings. The lowest BCUT2D eigenvalue weighted by Crippen LogP contribution is -2.26. The number of hydrogen-bond donors (Lipinski definition) is 1. The van der Waals surface area contributed by atoms with Crippen LogP contribution in [0.15, 0.2) is 243 Å². The smallest absolute Gasteiger partial charge is 0.141 e. The van der Waals surface area contributed by atoms with E-state index in [2.05, 4.69) is 221 Å². The minimum absolute atomic E-state index is 0.800. The fraction of sp³-hybridized carbons (Fsp3) is 0.0182. The van der Waals surface area contributed by atoms with Crippen molar-refractivity contribution in [2.24, 2.45) is 0 Å². The van der Waals surface area contributed by atoms with Gasteiger partial charge >= 0.3 is 0 Å². The van der Waals surface area contributed by atoms with Crippen molar-refractivity contribution < 1.29 is 5.11 Å². The average molecular weight is 760 g/mol. The van der Waals surface area contributed by atoms with Gasteiger partial charge in [0.2, 0.25) is 0 Å². The maximum Gasteiger partial charge on any atom is 0.141 e. The van der Waals surface area contributed by atoms with Gasteiger partial charge in [-0.25, -0.2) is 0 Å². The molecule has 0 bridgehead atoms. The van der Waals surface area contributed by atoms with Crippen LogP contribution in [-0.4, -0.2) is 5.11 Å². The third kappa shape index (κ3) is 6.52. The molecule has 0 spiro atoms. The summed E-state index contributed by atoms with van der Waals surface area (Å²) in [4.78, 5) is 6.79. The van der Waals surface area contributed by atoms with Crippen molar-refractivity contribution in [3.05, 3.63) is 259 Å². The highest BCUT2D eigenvalue weighted by molar-refractivity contribution is 5.91. The summed E-state index contributed by atoms with van der Waals surface area (Å²) in [6, 6.07) is 84.0. The number of benzene rings is 9. The summed E-state index contributed by atoms with van der Waals surface area (Å²) in [6.45, 7) is 0. The van der Waals surface area contributed by atoms with Crippen LogP contribution in [0.1, 0.15) is 16.7 Å². The Morgan fingerprint density at radius 2 is 0.492 bits per heavy atom. The Morgan fingerprint density at radius 3 is 0.780 bits per heavy atom. The molecular weight excluding hydrogens is 719 g/mol. The molecule has 0 amide bonds. The maximum atomic E-state index is 13.4. The van der Waals surface area contributed by atoms with Crippen LogP contribution in [0.5, 0.6) is 0 Å². The highest BCUT2D eigenvalue weighted by atomic mass is 16.3. The SMILES string of the molecule is OC1(c2ccc(N(c3ccccc3)c3ccccc3)cc2)c2ccc(N(c3ccccc3)c3ccccc3)cc2-c2cc(N(c3ccccc3)c3ccccc3)ccc21. The standard InChI is InChI=1S/C55H41N3O/c59-55(41-31-33-48(34-32-41)56(42-19-7-1-8-20-42)43-21-9-2-10-22-43)53-37-35-49(57(44-23-11-3-12-24-44)45-25-13-4-14-26-45)39-51(53)52-40-50(36-38-54(52)55)58(46-27-15-5-16-28-46)47-29-17-6-18-30-47/h1-40,59H. The molecule has 0 saturated carbocycles. The van der Waals surface area contributed by atoms with Crippen molar-refractivity contribution >= 4 is 51.2 Å². The molecule has 4 heteroatoms. The number of anilines is 9. The zero-order valence-electron chi connectivity index (χ0n) is 32.4. The van der Waals surface area contributed by atoms with Crippen LogP contribution in [0.25, 0.3) is 11.1 Å². The van der Waals surface area contributed by atoms with Crippen molar-refractivity contribution in [3.8, 4) is 11.1 Å². The number of rotatable bonds is 10. The summed E-state index contributed by atoms with van der Waals surface area (Å²) in [5.41, 5.74) is 12.4. The molecule has 1 N–H and O–H groups in total. The second-order valence-corrected chi connectivity index (χ2v) is 14.7. The molecule has 282 valence electrons. The number of para-hydroxylation sites is 6. The van der Waals surface area contributed by atoms with Crippen molar-refractivity contribution in [2.45, 2.75) is 5.60 Å². The van der Waals surface area contributed by atoms with Crippen molar-refractivity contribution in [1.29, 1.82) is 0 Å². The first kappa shape index (κ1) is 35.7. The Balaban J connectivity index is 1.15. The molecule has 1 aliphatic carbocycles. The van der Waals surface area contributed by atoms with Gasteiger partial charge in [-0.1, -0.05) is 133 Å². The summed E-state index contributed by atoms with van der Waals surface area (Å²) in [5, 5.41) is 13.4. The third-order valence-electron chi connectivity index (χ3n) is 11.2. The van der Waals surface area contributed by atoms with Gasteiger partial charge < -0.3 is 19.8 Å². The van der Waals surface area contributed by atoms with Gasteiger partial charge in [-0.2, -0.15) is 0 Å². The monoisotopic (exact) mass is 759 g/mol. The van der Waals surface area contributed by atoms with Gasteiger partial charge in [0.15, 0.2) is 0 Å². The topological polar surface area (TPSA) is 30.0 Å². The van der Waals surface area contributed by atoms with Gasteiger partial charge in [-0.3, -0.25) is 0 Å². The van der Waals surface area contributed by atoms with E-state index in [-0.39, 0.29) is 0 Å². The summed E-state index contributed by atoms with van der Waals surface area (Å²) in [5.74, 6) is 0. The van der Waals surface area contributed by atoms with Gasteiger partial charge in [0.25, 0.3) is 0 Å². The van der Waals surface area contributed by atoms with Crippen LogP contribution < -0.4 is 14.7 Å². The Labute approximate surface area is 345 Å². The largest absolute Gasteiger partial charge is 0.376 e. The number of aliphatic hydroxyl groups is 1. The Morgan fingerprint density at radius 1 is 0.254 bits per heavy atom. The van der Waals surface area contributed by atoms with E-state index >= 15 is 0 Å². The van der Waals surface area contributed by atoms with Gasteiger partial charge in [0.1, 0.15) is 5.60 Å². The molecule has 0 aromatic heterocycles. The first-order chi connectivity index (χ1) is 29.2. The average Bonchev–Trinajstić information content (AvgIpc) is 3.56. The van der Waals surface area contributed by atoms with Crippen molar-refractivity contribution in [3.63, 3.8) is 0 Å². The first-order valence-corrected chi connectivity index (χ1v) is 20.0. The molecule has 59 heavy (non-hydrogen) atoms. The highest BCUT2D eigenvalue weighted by Crippen LogP contribution is 2.54. The number of fused-ring (bicyclic) bond motifs is 3. The van der Waals surface area contributed by atoms with Gasteiger partial charge in [0.05, 0.1) is 0 Å². The van der Waals surface area contributed by atoms with Crippen LogP contribution in [0, 0.1) is 0 Å². The molecule has 0 fully saturated rings. The zero-order chi connectivity index (χ0) is 39.6. The van der Waals surface area contributed by atoms with E-state index in [0.29, 0.717) is 0 Å². The van der Waals surface area contributed by atoms with E-state index in [4.69, 9.17) is 0 Å². The molecule has 0 atom stereocenters. The highest BCUT2D eigenvalue weighted by Gasteiger charge is 2.44. The predicted molar refractivity (Wildman–Crippen MR) is 244 cm³/mol. The summed E-state index contributed by atoms with van der Waals surface area (Å²) >= 11 is 0. The molecule has 0 heterocycles. The lowest BCUT2D eigenvalue weighted by molar-refractivity contribution is 0.131. The second-order valence-electron chi connectivity index (χ2n) is 14.7. The Hall–Kier alpha value is -7.66. The van der Waals surface area contributed by atoms with Crippen LogP contribution >= 0.6 is 0 Å². The summed E-state index contributed by atoms with van der Waals surface area (Å²) in [7, 11) is 0. The normalized spacial score (nSPS) is 12.3. The Bertz CT molecular complexity index is 2570. The quantitative estimate of drug-likeness (QED) is 0.150. The van der Waals surface area contributed by atoms with Crippen molar-refractivity contribution in [2.75, 3.05) is 14.7 Å². The summed E-state index contributed by atoms with van der Waals surface area (Å²) in [6.07, 6.45) is 0. The lowest BCUT2D eigenvalue weighted by Gasteiger charge is -2.30. The van der Waals surface area contributed by atoms with Crippen LogP contribution in [0.2, 0.25) is 0 Å². The second kappa shape index (κ2) is 15.4. The van der Waals surface area contributed by atoms with E-state index in [9.17, 15) is 5.11 Å². The molecule has 1 aliphatic rings. The molecule has 0 radical (unpaired) electrons. The van der Waals surface area contributed by atoms with Gasteiger partial charge in [-0.05, 0) is 126 Å². The van der Waals surface area contributed by atoms with Crippen LogP contribution in [0.3, 0.4) is 0 Å². The molecular formula is C55H41N3O. The number of hydrogen-bond acceptors (Lipinski definition) is 4. The molecule has 0 aliphatic heterocycles. The molecule has 0 unspecified atom stereocenters. The van der Waals surface area contributed by atoms with Crippen LogP contribution in [0.4, 0.5) is 51.2 Å². The third-order valence-corrected chi connectivity index (χ3v) is 11.2. The van der Waals surface area contributed by atoms with E-state index in [1.807, 2.05) is 36.4 Å². The fourth-order valence-corrected chi connectivity index (χ4v) is 8.53. The molecule has 0 saturated heterocycles. The van der Waals surface area contributed by atoms with Gasteiger partial charge in [-0.15, -0.1) is 0 Å². The minimum Gasteiger partial charge on any atom is -0.376 e. The Kier molecular flexibility index (Phi) is 9.30. The number of nitrogens with zero attached hydrogens (tertiary/aromatic N) is 3. The van der Waals surface area contributed by atoms with Crippen LogP contribution in [-0.2, 0) is 5.60 Å². The molecule has 10 rings (SSSR count). The van der Waals surface area contributed by atoms with E-state index < -0.39 is 5.60 Å². The van der Waals surface area contributed by atoms with E-state index in [1.54, 1.807) is 0 Å². The van der Waals surface area contributed by atoms with E-state index in [1.165, 1.54) is 0 Å². The molecule has 4 nitrogen and oxygen atoms in total. The maximum absolute atomic E-state index is 13.4. The fourth-order valence-electron chi connectivity index (χ4n) is 8.53. The zero-order valence-corrected chi connectivity index (χ0v) is 32.4. The lowest BCUT2D eigenvalue weighted by atomic mass is 9.84. The summed E-state index contributed by atoms with van der Waals surface area (Å²) < 4.78 is 0. The molecule has 9 aromatic carbocycles.